The van der Waals surface area contributed by atoms with Gasteiger partial charge in [0.15, 0.2) is 5.84 Å². The first-order valence-corrected chi connectivity index (χ1v) is 7.07. The van der Waals surface area contributed by atoms with Crippen molar-refractivity contribution in [2.24, 2.45) is 16.3 Å². The molecule has 0 unspecified atom stereocenters. The van der Waals surface area contributed by atoms with Crippen molar-refractivity contribution < 1.29 is 10.0 Å². The lowest BCUT2D eigenvalue weighted by molar-refractivity contribution is -0.121. The number of aryl methyl sites for hydroxylation is 1. The molecule has 106 valence electrons. The molecule has 2 aliphatic rings. The highest BCUT2D eigenvalue weighted by atomic mass is 16.4. The second-order valence-corrected chi connectivity index (χ2v) is 5.61. The van der Waals surface area contributed by atoms with Gasteiger partial charge in [-0.15, -0.1) is 0 Å². The van der Waals surface area contributed by atoms with E-state index in [1.807, 2.05) is 23.1 Å². The summed E-state index contributed by atoms with van der Waals surface area (Å²) in [4.78, 5) is 14.7. The number of amidine groups is 1. The third-order valence-electron chi connectivity index (χ3n) is 4.36. The quantitative estimate of drug-likeness (QED) is 0.374. The smallest absolute Gasteiger partial charge is 0.240 e. The maximum absolute atomic E-state index is 12.9. The molecule has 1 fully saturated rings. The molecule has 0 spiro atoms. The highest BCUT2D eigenvalue weighted by Crippen LogP contribution is 2.48. The van der Waals surface area contributed by atoms with Gasteiger partial charge in [-0.2, -0.15) is 0 Å². The average molecular weight is 273 g/mol. The molecule has 0 aromatic heterocycles. The number of benzene rings is 1. The molecule has 1 aromatic carbocycles. The Kier molecular flexibility index (Phi) is 3.12. The minimum atomic E-state index is -0.772. The molecule has 1 aromatic rings. The molecule has 20 heavy (non-hydrogen) atoms. The van der Waals surface area contributed by atoms with Gasteiger partial charge in [0.1, 0.15) is 5.41 Å². The van der Waals surface area contributed by atoms with Crippen LogP contribution in [0.3, 0.4) is 0 Å². The molecule has 1 aliphatic heterocycles. The van der Waals surface area contributed by atoms with Gasteiger partial charge in [-0.05, 0) is 43.7 Å². The molecule has 1 heterocycles. The van der Waals surface area contributed by atoms with Crippen molar-refractivity contribution in [3.8, 4) is 0 Å². The zero-order valence-corrected chi connectivity index (χ0v) is 11.4. The van der Waals surface area contributed by atoms with Gasteiger partial charge in [0.2, 0.25) is 5.91 Å². The van der Waals surface area contributed by atoms with E-state index in [1.165, 1.54) is 5.56 Å². The van der Waals surface area contributed by atoms with Crippen molar-refractivity contribution in [3.05, 3.63) is 29.8 Å². The van der Waals surface area contributed by atoms with Crippen molar-refractivity contribution in [1.82, 2.24) is 0 Å². The topological polar surface area (TPSA) is 78.9 Å². The number of fused-ring (bicyclic) bond motifs is 1. The average Bonchev–Trinajstić information content (AvgIpc) is 3.29. The largest absolute Gasteiger partial charge is 0.409 e. The lowest BCUT2D eigenvalue weighted by Crippen LogP contribution is -2.44. The van der Waals surface area contributed by atoms with Crippen molar-refractivity contribution in [1.29, 1.82) is 0 Å². The summed E-state index contributed by atoms with van der Waals surface area (Å²) in [5.74, 6) is 0.0198. The fourth-order valence-corrected chi connectivity index (χ4v) is 2.96. The van der Waals surface area contributed by atoms with Crippen LogP contribution in [0.2, 0.25) is 0 Å². The van der Waals surface area contributed by atoms with E-state index in [0.717, 1.165) is 24.9 Å². The summed E-state index contributed by atoms with van der Waals surface area (Å²) < 4.78 is 0. The van der Waals surface area contributed by atoms with Crippen LogP contribution in [-0.2, 0) is 11.2 Å². The van der Waals surface area contributed by atoms with E-state index < -0.39 is 5.41 Å². The van der Waals surface area contributed by atoms with Crippen molar-refractivity contribution in [3.63, 3.8) is 0 Å². The van der Waals surface area contributed by atoms with Crippen LogP contribution in [0.5, 0.6) is 0 Å². The molecule has 3 N–H and O–H groups in total. The molecule has 0 bridgehead atoms. The second kappa shape index (κ2) is 4.81. The maximum Gasteiger partial charge on any atom is 0.240 e. The van der Waals surface area contributed by atoms with E-state index in [4.69, 9.17) is 10.9 Å². The molecular formula is C15H19N3O2. The lowest BCUT2D eigenvalue weighted by atomic mass is 10.0. The molecule has 3 rings (SSSR count). The van der Waals surface area contributed by atoms with Crippen LogP contribution in [0.15, 0.2) is 29.4 Å². The summed E-state index contributed by atoms with van der Waals surface area (Å²) in [5, 5.41) is 12.0. The maximum atomic E-state index is 12.9. The Morgan fingerprint density at radius 3 is 2.75 bits per heavy atom. The molecule has 0 radical (unpaired) electrons. The van der Waals surface area contributed by atoms with Crippen molar-refractivity contribution >= 4 is 17.4 Å². The van der Waals surface area contributed by atoms with E-state index in [0.29, 0.717) is 19.4 Å². The van der Waals surface area contributed by atoms with Gasteiger partial charge in [0.25, 0.3) is 0 Å². The zero-order valence-electron chi connectivity index (χ0n) is 11.4. The van der Waals surface area contributed by atoms with Gasteiger partial charge in [-0.3, -0.25) is 4.79 Å². The lowest BCUT2D eigenvalue weighted by Gasteiger charge is -2.27. The molecule has 5 nitrogen and oxygen atoms in total. The Balaban J connectivity index is 1.96. The van der Waals surface area contributed by atoms with Crippen molar-refractivity contribution in [2.75, 3.05) is 11.4 Å². The number of para-hydroxylation sites is 1. The number of carbonyl (C=O) groups is 1. The number of hydrogen-bond donors (Lipinski definition) is 2. The van der Waals surface area contributed by atoms with Crippen LogP contribution >= 0.6 is 0 Å². The Morgan fingerprint density at radius 2 is 2.05 bits per heavy atom. The van der Waals surface area contributed by atoms with Crippen LogP contribution in [0.4, 0.5) is 5.69 Å². The highest BCUT2D eigenvalue weighted by Gasteiger charge is 2.56. The number of nitrogens with zero attached hydrogens (tertiary/aromatic N) is 2. The van der Waals surface area contributed by atoms with Crippen LogP contribution in [0.1, 0.15) is 31.2 Å². The molecule has 1 amide bonds. The molecule has 0 saturated heterocycles. The standard InChI is InChI=1S/C15H19N3O2/c16-13(17-20)15(8-9-15)14(19)18-10-4-3-6-11-5-1-2-7-12(11)18/h1-2,5,7,20H,3-4,6,8-10H2,(H2,16,17). The Bertz CT molecular complexity index is 564. The Morgan fingerprint density at radius 1 is 1.30 bits per heavy atom. The minimum absolute atomic E-state index is 0.0258. The summed E-state index contributed by atoms with van der Waals surface area (Å²) in [6.07, 6.45) is 4.39. The summed E-state index contributed by atoms with van der Waals surface area (Å²) in [6.45, 7) is 0.705. The number of hydrogen-bond acceptors (Lipinski definition) is 3. The molecule has 1 saturated carbocycles. The summed E-state index contributed by atoms with van der Waals surface area (Å²) in [6, 6.07) is 8.02. The fraction of sp³-hybridized carbons (Fsp3) is 0.467. The molecule has 5 heteroatoms. The predicted octanol–water partition coefficient (Wildman–Crippen LogP) is 1.88. The summed E-state index contributed by atoms with van der Waals surface area (Å²) >= 11 is 0. The number of anilines is 1. The number of amides is 1. The van der Waals surface area contributed by atoms with E-state index in [2.05, 4.69) is 11.2 Å². The van der Waals surface area contributed by atoms with Gasteiger partial charge in [-0.1, -0.05) is 23.4 Å². The third kappa shape index (κ3) is 1.94. The highest BCUT2D eigenvalue weighted by molar-refractivity contribution is 6.15. The zero-order chi connectivity index (χ0) is 14.2. The second-order valence-electron chi connectivity index (χ2n) is 5.61. The van der Waals surface area contributed by atoms with Gasteiger partial charge in [-0.25, -0.2) is 0 Å². The first-order chi connectivity index (χ1) is 9.69. The van der Waals surface area contributed by atoms with Gasteiger partial charge in [0.05, 0.1) is 0 Å². The van der Waals surface area contributed by atoms with Crippen molar-refractivity contribution in [2.45, 2.75) is 32.1 Å². The monoisotopic (exact) mass is 273 g/mol. The SMILES string of the molecule is N/C(=N/O)C1(C(=O)N2CCCCc3ccccc32)CC1. The van der Waals surface area contributed by atoms with Crippen LogP contribution in [-0.4, -0.2) is 23.5 Å². The summed E-state index contributed by atoms with van der Waals surface area (Å²) in [5.41, 5.74) is 7.14. The number of oxime groups is 1. The summed E-state index contributed by atoms with van der Waals surface area (Å²) in [7, 11) is 0. The van der Waals surface area contributed by atoms with Crippen LogP contribution in [0.25, 0.3) is 0 Å². The molecular weight excluding hydrogens is 254 g/mol. The first-order valence-electron chi connectivity index (χ1n) is 7.07. The Hall–Kier alpha value is -2.04. The fourth-order valence-electron chi connectivity index (χ4n) is 2.96. The minimum Gasteiger partial charge on any atom is -0.409 e. The molecule has 1 aliphatic carbocycles. The van der Waals surface area contributed by atoms with E-state index in [9.17, 15) is 4.79 Å². The van der Waals surface area contributed by atoms with Crippen LogP contribution in [0, 0.1) is 5.41 Å². The number of carbonyl (C=O) groups excluding carboxylic acids is 1. The normalized spacial score (nSPS) is 21.0. The predicted molar refractivity (Wildman–Crippen MR) is 76.8 cm³/mol. The van der Waals surface area contributed by atoms with Gasteiger partial charge in [0, 0.05) is 12.2 Å². The molecule has 0 atom stereocenters. The van der Waals surface area contributed by atoms with E-state index in [-0.39, 0.29) is 11.7 Å². The van der Waals surface area contributed by atoms with Gasteiger partial charge < -0.3 is 15.8 Å². The van der Waals surface area contributed by atoms with Crippen LogP contribution < -0.4 is 10.6 Å². The van der Waals surface area contributed by atoms with Gasteiger partial charge >= 0.3 is 0 Å². The van der Waals surface area contributed by atoms with E-state index >= 15 is 0 Å². The number of rotatable bonds is 2. The first kappa shape index (κ1) is 13.0. The van der Waals surface area contributed by atoms with E-state index in [1.54, 1.807) is 0 Å². The number of nitrogens with two attached hydrogens (primary N) is 1. The Labute approximate surface area is 118 Å². The third-order valence-corrected chi connectivity index (χ3v) is 4.36.